The fourth-order valence-electron chi connectivity index (χ4n) is 7.54. The molecule has 398 valence electrons. The molecule has 30 nitrogen and oxygen atoms in total. The molecule has 3 aliphatic rings. The summed E-state index contributed by atoms with van der Waals surface area (Å²) in [6.07, 6.45) is -10.5. The Balaban J connectivity index is 1.15. The summed E-state index contributed by atoms with van der Waals surface area (Å²) in [6.45, 7) is 3.91. The number of aliphatic hydroxyl groups excluding tert-OH is 1. The second-order valence-corrected chi connectivity index (χ2v) is 23.2. The number of likely N-dealkylation sites (N-methyl/N-ethyl adjacent to an activating group) is 1. The van der Waals surface area contributed by atoms with E-state index in [0.29, 0.717) is 24.1 Å². The number of esters is 1. The summed E-state index contributed by atoms with van der Waals surface area (Å²) in [6, 6.07) is 6.07. The maximum Gasteiger partial charge on any atom is 0.472 e. The average Bonchev–Trinajstić information content (AvgIpc) is 4.13. The third kappa shape index (κ3) is 14.5. The van der Waals surface area contributed by atoms with E-state index in [1.807, 2.05) is 20.8 Å². The SMILES string of the molecule is CN(C(=O)OCc1ccc(N=[N+]=[N-])cc1)[C@H](CSSC(C)(C)C)C(=O)O[C@H]1[C@@H](O)[C@H](n2cnc3c(N)nncc32)O[C@@H]1COP(=O)(O)O[C@H]1[C@@H](OC2CCCO2)[C@H](n2ccc(N)nc2=O)O[C@@H]1COP(=O)(O)O. The number of azide groups is 1. The van der Waals surface area contributed by atoms with Crippen LogP contribution in [0.25, 0.3) is 21.5 Å². The number of phosphoric acid groups is 2. The van der Waals surface area contributed by atoms with Gasteiger partial charge in [-0.3, -0.25) is 27.6 Å². The molecule has 0 radical (unpaired) electrons. The van der Waals surface area contributed by atoms with Crippen LogP contribution in [0.3, 0.4) is 0 Å². The van der Waals surface area contributed by atoms with Crippen molar-refractivity contribution in [3.63, 3.8) is 0 Å². The Morgan fingerprint density at radius 2 is 1.75 bits per heavy atom. The molecular formula is C39H52N12O18P2S2. The molecule has 4 aromatic rings. The van der Waals surface area contributed by atoms with Gasteiger partial charge >= 0.3 is 33.4 Å². The molecule has 0 aliphatic carbocycles. The van der Waals surface area contributed by atoms with Crippen LogP contribution in [0.2, 0.25) is 0 Å². The van der Waals surface area contributed by atoms with Gasteiger partial charge in [0.1, 0.15) is 54.5 Å². The van der Waals surface area contributed by atoms with Gasteiger partial charge in [0.25, 0.3) is 0 Å². The topological polar surface area (TPSA) is 415 Å². The summed E-state index contributed by atoms with van der Waals surface area (Å²) in [5, 5.41) is 23.1. The van der Waals surface area contributed by atoms with Crippen molar-refractivity contribution in [3.05, 3.63) is 75.5 Å². The minimum absolute atomic E-state index is 0.0592. The predicted octanol–water partition coefficient (Wildman–Crippen LogP) is 3.21. The van der Waals surface area contributed by atoms with Crippen LogP contribution >= 0.6 is 37.2 Å². The number of benzene rings is 1. The number of aromatic nitrogens is 6. The van der Waals surface area contributed by atoms with Crippen LogP contribution in [-0.2, 0) is 62.5 Å². The molecule has 0 spiro atoms. The minimum Gasteiger partial charge on any atom is -0.455 e. The number of imidazole rings is 1. The normalized spacial score (nSPS) is 25.5. The van der Waals surface area contributed by atoms with Gasteiger partial charge in [0, 0.05) is 47.4 Å². The second kappa shape index (κ2) is 23.7. The summed E-state index contributed by atoms with van der Waals surface area (Å²) in [4.78, 5) is 83.3. The third-order valence-electron chi connectivity index (χ3n) is 10.9. The van der Waals surface area contributed by atoms with Gasteiger partial charge in [0.05, 0.1) is 31.3 Å². The van der Waals surface area contributed by atoms with E-state index in [1.165, 1.54) is 70.1 Å². The van der Waals surface area contributed by atoms with Gasteiger partial charge in [-0.1, -0.05) is 71.7 Å². The summed E-state index contributed by atoms with van der Waals surface area (Å²) in [7, 11) is -6.72. The Hall–Kier alpha value is -4.98. The van der Waals surface area contributed by atoms with Gasteiger partial charge in [0.15, 0.2) is 30.7 Å². The summed E-state index contributed by atoms with van der Waals surface area (Å²) < 4.78 is 79.2. The van der Waals surface area contributed by atoms with Crippen LogP contribution in [0.15, 0.2) is 59.0 Å². The summed E-state index contributed by atoms with van der Waals surface area (Å²) in [5.74, 6) is -1.34. The first kappa shape index (κ1) is 55.8. The maximum absolute atomic E-state index is 14.4. The molecule has 3 aliphatic heterocycles. The highest BCUT2D eigenvalue weighted by atomic mass is 33.1. The Morgan fingerprint density at radius 1 is 1.04 bits per heavy atom. The van der Waals surface area contributed by atoms with Gasteiger partial charge in [0.2, 0.25) is 0 Å². The third-order valence-corrected chi connectivity index (χ3v) is 15.8. The van der Waals surface area contributed by atoms with Crippen molar-refractivity contribution < 1.29 is 80.5 Å². The van der Waals surface area contributed by atoms with Crippen molar-refractivity contribution >= 4 is 77.7 Å². The van der Waals surface area contributed by atoms with E-state index in [2.05, 4.69) is 30.2 Å². The van der Waals surface area contributed by atoms with E-state index in [9.17, 15) is 43.3 Å². The van der Waals surface area contributed by atoms with E-state index in [-0.39, 0.29) is 46.4 Å². The lowest BCUT2D eigenvalue weighted by molar-refractivity contribution is -0.181. The monoisotopic (exact) mass is 1100 g/mol. The van der Waals surface area contributed by atoms with Crippen molar-refractivity contribution in [2.45, 2.75) is 106 Å². The standard InChI is InChI=1S/C39H52N12O18P2S2/c1-39(2,3)73-72-18-23(49(4)38(55)62-15-20-7-9-21(10-8-20)46-48-42)36(53)68-30-24(65-34(29(30)52)51-19-43-28-22(51)14-44-47-33(28)41)17-64-71(59,60)69-31-25(16-63-70(56,57)58)66-35(32(31)67-27-6-5-13-61-27)50-12-11-26(40)45-37(50)54/h7-12,14,19,23-25,27,29-32,34-35,52H,5-6,13,15-18H2,1-4H3,(H2,41,47)(H,59,60)(H2,40,45,54)(H2,56,57,58)/t23-,24-,25-,27?,29-,30-,31-,32-,34-,35-/m1/s1. The van der Waals surface area contributed by atoms with Crippen molar-refractivity contribution in [2.75, 3.05) is 44.1 Å². The molecule has 1 amide bonds. The zero-order valence-corrected chi connectivity index (χ0v) is 42.6. The van der Waals surface area contributed by atoms with Crippen LogP contribution in [-0.4, -0.2) is 152 Å². The van der Waals surface area contributed by atoms with E-state index < -0.39 is 108 Å². The molecule has 8 N–H and O–H groups in total. The molecule has 0 bridgehead atoms. The lowest BCUT2D eigenvalue weighted by Crippen LogP contribution is -2.48. The van der Waals surface area contributed by atoms with E-state index in [4.69, 9.17) is 59.0 Å². The lowest BCUT2D eigenvalue weighted by Gasteiger charge is -2.30. The number of phosphoric ester groups is 2. The number of rotatable bonds is 21. The molecule has 73 heavy (non-hydrogen) atoms. The molecule has 3 saturated heterocycles. The Bertz CT molecular complexity index is 2790. The Labute approximate surface area is 422 Å². The fraction of sp³-hybridized carbons (Fsp3) is 0.564. The van der Waals surface area contributed by atoms with E-state index >= 15 is 0 Å². The second-order valence-electron chi connectivity index (χ2n) is 17.4. The van der Waals surface area contributed by atoms with Crippen molar-refractivity contribution in [1.82, 2.24) is 34.2 Å². The number of aliphatic hydroxyl groups is 1. The zero-order chi connectivity index (χ0) is 52.8. The van der Waals surface area contributed by atoms with Crippen LogP contribution in [0.4, 0.5) is 22.1 Å². The quantitative estimate of drug-likeness (QED) is 0.0174. The molecule has 1 aromatic carbocycles. The fourth-order valence-corrected chi connectivity index (χ4v) is 11.4. The molecule has 0 saturated carbocycles. The summed E-state index contributed by atoms with van der Waals surface area (Å²) in [5.41, 5.74) is 20.7. The number of nitrogens with zero attached hydrogens (tertiary/aromatic N) is 10. The van der Waals surface area contributed by atoms with Crippen molar-refractivity contribution in [3.8, 4) is 0 Å². The van der Waals surface area contributed by atoms with Gasteiger partial charge in [-0.15, -0.1) is 5.10 Å². The number of carbonyl (C=O) groups is 2. The minimum atomic E-state index is -5.47. The highest BCUT2D eigenvalue weighted by Gasteiger charge is 2.54. The molecule has 6 heterocycles. The van der Waals surface area contributed by atoms with Crippen LogP contribution in [0, 0.1) is 0 Å². The number of fused-ring (bicyclic) bond motifs is 1. The highest BCUT2D eigenvalue weighted by molar-refractivity contribution is 8.77. The number of amides is 1. The molecular weight excluding hydrogens is 1050 g/mol. The zero-order valence-electron chi connectivity index (χ0n) is 39.2. The predicted molar refractivity (Wildman–Crippen MR) is 256 cm³/mol. The van der Waals surface area contributed by atoms with Gasteiger partial charge in [-0.2, -0.15) is 10.1 Å². The number of nitrogens with two attached hydrogens (primary N) is 2. The van der Waals surface area contributed by atoms with Crippen molar-refractivity contribution in [1.29, 1.82) is 0 Å². The maximum atomic E-state index is 14.4. The van der Waals surface area contributed by atoms with Crippen molar-refractivity contribution in [2.24, 2.45) is 5.11 Å². The smallest absolute Gasteiger partial charge is 0.455 e. The number of hydrogen-bond acceptors (Lipinski definition) is 24. The van der Waals surface area contributed by atoms with Crippen LogP contribution in [0.1, 0.15) is 51.6 Å². The van der Waals surface area contributed by atoms with Gasteiger partial charge in [-0.05, 0) is 23.6 Å². The first-order valence-corrected chi connectivity index (χ1v) is 27.3. The molecule has 3 aromatic heterocycles. The van der Waals surface area contributed by atoms with Crippen LogP contribution < -0.4 is 17.2 Å². The van der Waals surface area contributed by atoms with Gasteiger partial charge in [-0.25, -0.2) is 28.5 Å². The Morgan fingerprint density at radius 3 is 2.42 bits per heavy atom. The largest absolute Gasteiger partial charge is 0.472 e. The first-order chi connectivity index (χ1) is 34.5. The Kier molecular flexibility index (Phi) is 18.1. The number of anilines is 2. The van der Waals surface area contributed by atoms with Gasteiger partial charge < -0.3 is 59.7 Å². The number of carbonyl (C=O) groups excluding carboxylic acids is 2. The highest BCUT2D eigenvalue weighted by Crippen LogP contribution is 2.51. The van der Waals surface area contributed by atoms with E-state index in [1.54, 1.807) is 12.1 Å². The average molecular weight is 1100 g/mol. The number of ether oxygens (including phenoxy) is 6. The molecule has 7 rings (SSSR count). The molecule has 34 heteroatoms. The van der Waals surface area contributed by atoms with E-state index in [0.717, 1.165) is 9.47 Å². The molecule has 11 atom stereocenters. The number of nitrogen functional groups attached to an aromatic ring is 2. The lowest BCUT2D eigenvalue weighted by atomic mass is 10.1. The summed E-state index contributed by atoms with van der Waals surface area (Å²) >= 11 is 0. The number of hydrogen-bond donors (Lipinski definition) is 6. The first-order valence-electron chi connectivity index (χ1n) is 22.0. The molecule has 3 fully saturated rings. The van der Waals surface area contributed by atoms with Crippen LogP contribution in [0.5, 0.6) is 0 Å². The molecule has 2 unspecified atom stereocenters.